The summed E-state index contributed by atoms with van der Waals surface area (Å²) in [6.45, 7) is -0.744. The van der Waals surface area contributed by atoms with Crippen LogP contribution in [0.3, 0.4) is 0 Å². The van der Waals surface area contributed by atoms with Crippen molar-refractivity contribution in [3.63, 3.8) is 0 Å². The average molecular weight is 1200 g/mol. The zero-order valence-corrected chi connectivity index (χ0v) is 44.4. The van der Waals surface area contributed by atoms with Crippen molar-refractivity contribution in [1.29, 1.82) is 0 Å². The normalized spacial score (nSPS) is 51.3. The first-order valence-electron chi connectivity index (χ1n) is 26.3. The Morgan fingerprint density at radius 1 is 0.317 bits per heavy atom. The zero-order chi connectivity index (χ0) is 60.5. The van der Waals surface area contributed by atoms with Gasteiger partial charge in [-0.25, -0.2) is 0 Å². The standard InChI is InChI=1S/C46H78N2O34/c1-10-21(56)27(62)31(66)43(70-10)79-36-20(48-13(4)55)42(80-37-24(59)15(6-50)74-45(33(37)68)77-34-17(8-52)72-40(69)30(65)29(34)64)76-18(9-53)35(36)78-46-39(82-44-32(67)28(63)22(57)11(2)71-44)38(25(60)16(7-51)75-46)81-41-19(47-12(3)54)26(61)23(58)14(5-49)73-41/h10-11,14-46,49-53,56-69H,5-9H2,1-4H3,(H,47,54)(H,48,55)/t10-,11-,14+,15+,16+,17+,18+,19+,20+,21+,22+,23-,24-,25-,26+,27+,28+,29+,30+,31-,32-,33+,34+,35+,36+,37-,38-,39+,40?,41+,42-,43-,44-,45-,46-/m0/s1. The van der Waals surface area contributed by atoms with Gasteiger partial charge in [-0.2, -0.15) is 0 Å². The Labute approximate surface area is 465 Å². The Balaban J connectivity index is 1.31. The van der Waals surface area contributed by atoms with Gasteiger partial charge in [0.2, 0.25) is 11.8 Å². The van der Waals surface area contributed by atoms with Gasteiger partial charge in [-0.1, -0.05) is 0 Å². The summed E-state index contributed by atoms with van der Waals surface area (Å²) in [5, 5.41) is 211. The van der Waals surface area contributed by atoms with E-state index in [9.17, 15) is 107 Å². The van der Waals surface area contributed by atoms with Gasteiger partial charge in [0.15, 0.2) is 44.0 Å². The number of amides is 2. The monoisotopic (exact) mass is 1200 g/mol. The molecule has 35 atom stereocenters. The van der Waals surface area contributed by atoms with Crippen LogP contribution in [-0.2, 0) is 71.2 Å². The minimum absolute atomic E-state index is 0.821. The summed E-state index contributed by atoms with van der Waals surface area (Å²) in [4.78, 5) is 25.8. The van der Waals surface area contributed by atoms with E-state index in [4.69, 9.17) is 61.6 Å². The van der Waals surface area contributed by atoms with E-state index in [0.29, 0.717) is 0 Å². The Hall–Kier alpha value is -2.34. The van der Waals surface area contributed by atoms with Crippen LogP contribution < -0.4 is 10.6 Å². The summed E-state index contributed by atoms with van der Waals surface area (Å²) in [5.74, 6) is -1.77. The lowest BCUT2D eigenvalue weighted by molar-refractivity contribution is -0.409. The molecule has 0 saturated carbocycles. The van der Waals surface area contributed by atoms with Crippen LogP contribution in [0.15, 0.2) is 0 Å². The van der Waals surface area contributed by atoms with Crippen molar-refractivity contribution in [2.45, 2.75) is 243 Å². The van der Waals surface area contributed by atoms with Crippen molar-refractivity contribution < 1.29 is 168 Å². The van der Waals surface area contributed by atoms with Gasteiger partial charge < -0.3 is 169 Å². The summed E-state index contributed by atoms with van der Waals surface area (Å²) in [7, 11) is 0. The Morgan fingerprint density at radius 3 is 1.22 bits per heavy atom. The van der Waals surface area contributed by atoms with Crippen molar-refractivity contribution in [2.75, 3.05) is 33.0 Å². The maximum atomic E-state index is 13.3. The third-order valence-corrected chi connectivity index (χ3v) is 15.3. The van der Waals surface area contributed by atoms with Gasteiger partial charge in [0.1, 0.15) is 159 Å². The van der Waals surface area contributed by atoms with Crippen molar-refractivity contribution in [3.05, 3.63) is 0 Å². The molecule has 0 aromatic rings. The molecule has 0 spiro atoms. The number of carbonyl (C=O) groups is 2. The molecule has 21 N–H and O–H groups in total. The van der Waals surface area contributed by atoms with E-state index in [2.05, 4.69) is 10.6 Å². The Bertz CT molecular complexity index is 2030. The largest absolute Gasteiger partial charge is 0.394 e. The summed E-state index contributed by atoms with van der Waals surface area (Å²) in [6, 6.07) is -3.68. The number of carbonyl (C=O) groups excluding carboxylic acids is 2. The van der Waals surface area contributed by atoms with Crippen molar-refractivity contribution in [2.24, 2.45) is 0 Å². The Morgan fingerprint density at radius 2 is 0.695 bits per heavy atom. The average Bonchev–Trinajstić information content (AvgIpc) is 2.57. The highest BCUT2D eigenvalue weighted by atomic mass is 16.8. The summed E-state index contributed by atoms with van der Waals surface area (Å²) >= 11 is 0. The molecule has 0 aromatic heterocycles. The predicted molar refractivity (Wildman–Crippen MR) is 252 cm³/mol. The van der Waals surface area contributed by atoms with Crippen molar-refractivity contribution in [1.82, 2.24) is 10.6 Å². The lowest BCUT2D eigenvalue weighted by Gasteiger charge is -2.53. The molecule has 0 aliphatic carbocycles. The maximum absolute atomic E-state index is 13.3. The zero-order valence-electron chi connectivity index (χ0n) is 44.4. The van der Waals surface area contributed by atoms with Gasteiger partial charge in [0, 0.05) is 13.8 Å². The first-order valence-corrected chi connectivity index (χ1v) is 26.3. The molecule has 36 heteroatoms. The molecule has 1 unspecified atom stereocenters. The lowest BCUT2D eigenvalue weighted by atomic mass is 9.93. The number of aliphatic hydroxyl groups excluding tert-OH is 19. The molecule has 2 amide bonds. The fourth-order valence-corrected chi connectivity index (χ4v) is 10.7. The molecular weight excluding hydrogens is 1120 g/mol. The summed E-state index contributed by atoms with van der Waals surface area (Å²) < 4.78 is 77.4. The lowest BCUT2D eigenvalue weighted by Crippen LogP contribution is -2.72. The quantitative estimate of drug-likeness (QED) is 0.0571. The summed E-state index contributed by atoms with van der Waals surface area (Å²) in [6.07, 6.45) is -64.4. The first kappa shape index (κ1) is 67.2. The highest BCUT2D eigenvalue weighted by molar-refractivity contribution is 5.73. The van der Waals surface area contributed by atoms with Crippen LogP contribution in [0.5, 0.6) is 0 Å². The maximum Gasteiger partial charge on any atom is 0.217 e. The van der Waals surface area contributed by atoms with E-state index in [1.807, 2.05) is 0 Å². The molecule has 7 fully saturated rings. The molecule has 36 nitrogen and oxygen atoms in total. The fourth-order valence-electron chi connectivity index (χ4n) is 10.7. The molecule has 7 saturated heterocycles. The molecular formula is C46H78N2O34. The molecule has 7 aliphatic heterocycles. The number of hydrogen-bond acceptors (Lipinski definition) is 34. The van der Waals surface area contributed by atoms with Gasteiger partial charge in [0.25, 0.3) is 0 Å². The highest BCUT2D eigenvalue weighted by Crippen LogP contribution is 2.40. The smallest absolute Gasteiger partial charge is 0.217 e. The van der Waals surface area contributed by atoms with Crippen molar-refractivity contribution >= 4 is 11.8 Å². The highest BCUT2D eigenvalue weighted by Gasteiger charge is 2.60. The fraction of sp³-hybridized carbons (Fsp3) is 0.957. The number of nitrogens with one attached hydrogen (secondary N) is 2. The van der Waals surface area contributed by atoms with Gasteiger partial charge in [-0.3, -0.25) is 9.59 Å². The van der Waals surface area contributed by atoms with Crippen LogP contribution in [0.2, 0.25) is 0 Å². The van der Waals surface area contributed by atoms with Crippen LogP contribution in [0.25, 0.3) is 0 Å². The number of ether oxygens (including phenoxy) is 13. The van der Waals surface area contributed by atoms with Crippen LogP contribution in [0.1, 0.15) is 27.7 Å². The Kier molecular flexibility index (Phi) is 23.5. The number of hydrogen-bond donors (Lipinski definition) is 21. The van der Waals surface area contributed by atoms with Gasteiger partial charge in [-0.05, 0) is 13.8 Å². The van der Waals surface area contributed by atoms with E-state index < -0.39 is 260 Å². The second-order valence-corrected chi connectivity index (χ2v) is 21.0. The molecule has 0 radical (unpaired) electrons. The minimum Gasteiger partial charge on any atom is -0.394 e. The van der Waals surface area contributed by atoms with E-state index in [1.54, 1.807) is 0 Å². The van der Waals surface area contributed by atoms with Gasteiger partial charge >= 0.3 is 0 Å². The van der Waals surface area contributed by atoms with Gasteiger partial charge in [-0.15, -0.1) is 0 Å². The topological polar surface area (TPSA) is 563 Å². The molecule has 7 rings (SSSR count). The van der Waals surface area contributed by atoms with E-state index in [0.717, 1.165) is 13.8 Å². The third kappa shape index (κ3) is 14.1. The molecule has 0 aromatic carbocycles. The van der Waals surface area contributed by atoms with Crippen LogP contribution >= 0.6 is 0 Å². The molecule has 0 bridgehead atoms. The minimum atomic E-state index is -2.25. The second-order valence-electron chi connectivity index (χ2n) is 21.0. The molecule has 82 heavy (non-hydrogen) atoms. The van der Waals surface area contributed by atoms with E-state index in [1.165, 1.54) is 13.8 Å². The predicted octanol–water partition coefficient (Wildman–Crippen LogP) is -13.9. The number of rotatable bonds is 19. The first-order chi connectivity index (χ1) is 38.7. The molecule has 7 aliphatic rings. The second kappa shape index (κ2) is 28.7. The van der Waals surface area contributed by atoms with Gasteiger partial charge in [0.05, 0.1) is 45.2 Å². The summed E-state index contributed by atoms with van der Waals surface area (Å²) in [5.41, 5.74) is 0. The molecule has 476 valence electrons. The SMILES string of the molecule is CC(=O)N[C@H]1[C@@H](O[C@H]2[C@@H](O)[C@@H](CO)O[C@@H](O[C@H]3[C@H](O[C@@H]4O[C@@H](C)[C@@H](O)[C@@H](O)[C@@H]4O)[C@@H](NC(C)=O)[C@H](O[C@H]4[C@@H](O)[C@@H](CO)O[C@@H](O[C@H]5[C@H](O)[C@@H](O)C(O)O[C@@H]5CO)[C@@H]4O)O[C@@H]3CO)[C@@H]2O[C@@H]2O[C@@H](C)[C@@H](O)[C@@H](O)[C@@H]2O)O[C@H](CO)[C@H](O)[C@@H]1O. The van der Waals surface area contributed by atoms with E-state index >= 15 is 0 Å². The number of aliphatic hydroxyl groups is 19. The van der Waals surface area contributed by atoms with Crippen LogP contribution in [-0.4, -0.2) is 357 Å². The van der Waals surface area contributed by atoms with Crippen LogP contribution in [0.4, 0.5) is 0 Å². The third-order valence-electron chi connectivity index (χ3n) is 15.3. The van der Waals surface area contributed by atoms with E-state index in [-0.39, 0.29) is 0 Å². The molecule has 7 heterocycles. The van der Waals surface area contributed by atoms with Crippen molar-refractivity contribution in [3.8, 4) is 0 Å². The van der Waals surface area contributed by atoms with Crippen LogP contribution in [0, 0.1) is 0 Å².